The van der Waals surface area contributed by atoms with E-state index in [1.807, 2.05) is 103 Å². The third-order valence-corrected chi connectivity index (χ3v) is 22.7. The number of hydrogen-bond acceptors (Lipinski definition) is 11. The average Bonchev–Trinajstić information content (AvgIpc) is 1.59. The second kappa shape index (κ2) is 64.8. The minimum absolute atomic E-state index is 0.301. The Kier molecular flexibility index (Phi) is 54.3. The quantitative estimate of drug-likeness (QED) is 0.171. The number of nitrogens with zero attached hydrogens (tertiary/aromatic N) is 8. The van der Waals surface area contributed by atoms with E-state index in [0.29, 0.717) is 42.4 Å². The molecule has 754 valence electrons. The number of carbonyl (C=O) groups excluding carboxylic acids is 1. The maximum atomic E-state index is 11.1. The lowest BCUT2D eigenvalue weighted by Crippen LogP contribution is -2.35. The zero-order valence-corrected chi connectivity index (χ0v) is 91.8. The molecule has 0 unspecified atom stereocenters. The Hall–Kier alpha value is -11.5. The Bertz CT molecular complexity index is 5420. The lowest BCUT2D eigenvalue weighted by atomic mass is 10.0. The molecule has 7 aliphatic rings. The maximum absolute atomic E-state index is 11.1. The molecule has 0 atom stereocenters. The highest BCUT2D eigenvalue weighted by atomic mass is 32.2. The van der Waals surface area contributed by atoms with E-state index in [4.69, 9.17) is 4.74 Å². The van der Waals surface area contributed by atoms with Crippen molar-refractivity contribution in [3.8, 4) is 5.75 Å². The minimum atomic E-state index is 0.301. The Morgan fingerprint density at radius 1 is 0.350 bits per heavy atom. The zero-order chi connectivity index (χ0) is 102. The van der Waals surface area contributed by atoms with Crippen LogP contribution in [0.2, 0.25) is 0 Å². The standard InChI is InChI=1S/C12H17N.C11H15N.C11H13N.C11H15N.C11H13N.C9H8O.C8H9N.C8H8O.C8H8S.C7H6N2.C6H4N2O.6C4H10/c1-10(2)13-9-5-7-11-6-3-4-8-12(11)13;2*1-9(2)12-7-10-5-3-4-6-11(10)8-12;2*1-9(2)12-8-7-10-5-3-4-6-11(10)12;10-9-6-5-7-3-1-2-4-8(7)9;3*1-2-4-8-7(3-1)5-6-9-8;1-2-4-7-6(3-1)8-5-9-7;1-2-4-6-5(3-1)7-9-8-6;6*1-4(2)3/h3-4,6,8,10H,5,7,9H2,1-2H3;3-6,9H,7-8H2,1-2H3;3-9H,1-2H3;3-6,9H,7-8H2,1-2H3;3-9H,1-2H3;1-4H,5-6H2;1-4,9H,5-6H2;2*1-4H,5-6H2;1-5H,(H,8,9);1-4H;6*4H,1-3H3. The summed E-state index contributed by atoms with van der Waals surface area (Å²) >= 11 is 1.97. The van der Waals surface area contributed by atoms with Crippen LogP contribution in [-0.4, -0.2) is 90.2 Å². The molecule has 4 aromatic heterocycles. The van der Waals surface area contributed by atoms with Crippen molar-refractivity contribution in [2.45, 2.75) is 293 Å². The number of imidazole rings is 1. The number of para-hydroxylation sites is 7. The first-order valence-electron chi connectivity index (χ1n) is 52.0. The number of nitrogens with one attached hydrogen (secondary N) is 2. The number of ketones is 1. The summed E-state index contributed by atoms with van der Waals surface area (Å²) in [6.07, 6.45) is 17.2. The van der Waals surface area contributed by atoms with Crippen LogP contribution in [0.5, 0.6) is 5.75 Å². The largest absolute Gasteiger partial charge is 0.493 e. The number of rotatable bonds is 5. The summed E-state index contributed by atoms with van der Waals surface area (Å²) in [7, 11) is 0. The van der Waals surface area contributed by atoms with E-state index in [1.54, 1.807) is 6.33 Å². The smallest absolute Gasteiger partial charge is 0.163 e. The number of aromatic amines is 1. The summed E-state index contributed by atoms with van der Waals surface area (Å²) < 4.78 is 14.3. The molecule has 1 aliphatic carbocycles. The van der Waals surface area contributed by atoms with E-state index in [0.717, 1.165) is 108 Å². The number of carbonyl (C=O) groups is 1. The van der Waals surface area contributed by atoms with Crippen LogP contribution in [0.1, 0.15) is 274 Å². The summed E-state index contributed by atoms with van der Waals surface area (Å²) in [5.41, 5.74) is 21.8. The number of aromatic nitrogens is 6. The van der Waals surface area contributed by atoms with Crippen molar-refractivity contribution in [2.24, 2.45) is 35.5 Å². The number of ether oxygens (including phenoxy) is 1. The topological polar surface area (TPSA) is 126 Å². The molecule has 0 saturated carbocycles. The van der Waals surface area contributed by atoms with Crippen molar-refractivity contribution in [1.29, 1.82) is 0 Å². The number of H-pyrrole nitrogens is 1. The molecule has 140 heavy (non-hydrogen) atoms. The maximum Gasteiger partial charge on any atom is 0.163 e. The van der Waals surface area contributed by atoms with Gasteiger partial charge in [0.25, 0.3) is 0 Å². The van der Waals surface area contributed by atoms with E-state index in [9.17, 15) is 4.79 Å². The third kappa shape index (κ3) is 44.2. The first kappa shape index (κ1) is 117. The molecule has 0 spiro atoms. The number of aryl methyl sites for hydroxylation is 3. The van der Waals surface area contributed by atoms with Crippen molar-refractivity contribution in [3.05, 3.63) is 348 Å². The molecule has 0 fully saturated rings. The van der Waals surface area contributed by atoms with E-state index in [1.165, 1.54) is 139 Å². The van der Waals surface area contributed by atoms with Gasteiger partial charge in [-0.2, -0.15) is 0 Å². The fourth-order valence-corrected chi connectivity index (χ4v) is 16.2. The van der Waals surface area contributed by atoms with Gasteiger partial charge in [-0.25, -0.2) is 9.61 Å². The number of hydrogen-bond donors (Lipinski definition) is 2. The van der Waals surface area contributed by atoms with Gasteiger partial charge < -0.3 is 34.0 Å². The van der Waals surface area contributed by atoms with E-state index in [2.05, 4.69) is 449 Å². The third-order valence-electron chi connectivity index (χ3n) is 21.6. The number of benzene rings is 11. The van der Waals surface area contributed by atoms with Crippen molar-refractivity contribution in [2.75, 3.05) is 47.1 Å². The first-order chi connectivity index (χ1) is 67.0. The van der Waals surface area contributed by atoms with Gasteiger partial charge in [0.1, 0.15) is 16.8 Å². The van der Waals surface area contributed by atoms with Gasteiger partial charge in [-0.3, -0.25) is 9.69 Å². The molecule has 22 rings (SSSR count). The van der Waals surface area contributed by atoms with Crippen LogP contribution >= 0.6 is 11.8 Å². The van der Waals surface area contributed by atoms with E-state index < -0.39 is 0 Å². The Morgan fingerprint density at radius 2 is 0.793 bits per heavy atom. The monoisotopic (exact) mass is 1910 g/mol. The van der Waals surface area contributed by atoms with Crippen LogP contribution in [-0.2, 0) is 51.6 Å². The number of Topliss-reactive ketones (excluding diaryl/α,β-unsaturated/α-hetero) is 1. The molecule has 14 heteroatoms. The molecule has 0 saturated heterocycles. The molecule has 0 bridgehead atoms. The molecule has 13 nitrogen and oxygen atoms in total. The van der Waals surface area contributed by atoms with Crippen molar-refractivity contribution < 1.29 is 14.2 Å². The van der Waals surface area contributed by atoms with Crippen LogP contribution in [0.25, 0.3) is 43.7 Å². The molecular weight excluding hydrogens is 1730 g/mol. The SMILES string of the molecule is CC(C)C.CC(C)C.CC(C)C.CC(C)C.CC(C)C.CC(C)C.CC(C)N1CCCc2ccccc21.CC(C)N1CCc2ccccc21.CC(C)N1Cc2ccccc2C1.CC(C)n1cc2ccccc2c1.CC(C)n1ccc2ccccc21.O=C1CCc2ccccc21.c1ccc2[nH]cnc2c1.c1ccc2c(c1)CCN2.c1ccc2c(c1)CCO2.c1ccc2c(c1)CCS2.c1ccc2nonc2c1. The van der Waals surface area contributed by atoms with Gasteiger partial charge in [-0.15, -0.1) is 11.8 Å². The molecule has 0 amide bonds. The summed E-state index contributed by atoms with van der Waals surface area (Å²) in [5, 5.41) is 14.5. The van der Waals surface area contributed by atoms with Gasteiger partial charge in [0.15, 0.2) is 5.78 Å². The molecule has 2 N–H and O–H groups in total. The molecule has 6 aliphatic heterocycles. The second-order valence-corrected chi connectivity index (χ2v) is 42.8. The normalized spacial score (nSPS) is 13.0. The highest BCUT2D eigenvalue weighted by Crippen LogP contribution is 2.33. The lowest BCUT2D eigenvalue weighted by molar-refractivity contribution is 0.0994. The molecule has 15 aromatic rings. The van der Waals surface area contributed by atoms with Gasteiger partial charge in [-0.1, -0.05) is 331 Å². The molecular formula is C126H176N10O3S. The van der Waals surface area contributed by atoms with Gasteiger partial charge in [-0.05, 0) is 281 Å². The summed E-state index contributed by atoms with van der Waals surface area (Å²) in [5.74, 6) is 7.65. The highest BCUT2D eigenvalue weighted by molar-refractivity contribution is 7.99. The molecule has 0 radical (unpaired) electrons. The minimum Gasteiger partial charge on any atom is -0.493 e. The molecule has 11 aromatic carbocycles. The van der Waals surface area contributed by atoms with Crippen molar-refractivity contribution in [3.63, 3.8) is 0 Å². The summed E-state index contributed by atoms with van der Waals surface area (Å²) in [4.78, 5) is 27.1. The molecule has 10 heterocycles. The zero-order valence-electron chi connectivity index (χ0n) is 91.0. The Balaban J connectivity index is 0.000000231. The average molecular weight is 1910 g/mol. The number of fused-ring (bicyclic) bond motifs is 11. The van der Waals surface area contributed by atoms with Crippen molar-refractivity contribution >= 4 is 78.3 Å². The van der Waals surface area contributed by atoms with Crippen LogP contribution < -0.4 is 19.9 Å². The van der Waals surface area contributed by atoms with Crippen LogP contribution in [0.15, 0.2) is 307 Å². The van der Waals surface area contributed by atoms with Gasteiger partial charge >= 0.3 is 0 Å². The lowest BCUT2D eigenvalue weighted by Gasteiger charge is -2.34. The van der Waals surface area contributed by atoms with Crippen molar-refractivity contribution in [1.82, 2.24) is 34.3 Å². The second-order valence-electron chi connectivity index (χ2n) is 41.6. The fourth-order valence-electron chi connectivity index (χ4n) is 15.2. The van der Waals surface area contributed by atoms with Crippen LogP contribution in [0.3, 0.4) is 0 Å². The van der Waals surface area contributed by atoms with Crippen LogP contribution in [0.4, 0.5) is 17.1 Å². The number of thioether (sulfide) groups is 1. The predicted molar refractivity (Wildman–Crippen MR) is 611 cm³/mol. The van der Waals surface area contributed by atoms with Gasteiger partial charge in [0, 0.05) is 133 Å². The Morgan fingerprint density at radius 3 is 1.30 bits per heavy atom. The Labute approximate surface area is 850 Å². The first-order valence-corrected chi connectivity index (χ1v) is 53.0. The summed E-state index contributed by atoms with van der Waals surface area (Å²) in [6.45, 7) is 68.0. The van der Waals surface area contributed by atoms with E-state index >= 15 is 0 Å². The number of anilines is 3. The summed E-state index contributed by atoms with van der Waals surface area (Å²) in [6, 6.07) is 96.9. The highest BCUT2D eigenvalue weighted by Gasteiger charge is 2.23. The van der Waals surface area contributed by atoms with E-state index in [-0.39, 0.29) is 0 Å². The van der Waals surface area contributed by atoms with Gasteiger partial charge in [0.05, 0.1) is 24.0 Å². The van der Waals surface area contributed by atoms with Gasteiger partial charge in [0.2, 0.25) is 0 Å². The fraction of sp³-hybridized carbons (Fsp3) is 0.429. The predicted octanol–water partition coefficient (Wildman–Crippen LogP) is 34.3. The van der Waals surface area contributed by atoms with Crippen LogP contribution in [0, 0.1) is 35.5 Å².